The normalized spacial score (nSPS) is 23.2. The smallest absolute Gasteiger partial charge is 0.386 e. The van der Waals surface area contributed by atoms with Crippen LogP contribution in [0.1, 0.15) is 46.3 Å². The Hall–Kier alpha value is -2.11. The van der Waals surface area contributed by atoms with Crippen molar-refractivity contribution < 1.29 is 75.7 Å². The molecule has 3 heterocycles. The van der Waals surface area contributed by atoms with Gasteiger partial charge in [-0.1, -0.05) is 27.2 Å². The molecule has 304 valence electrons. The summed E-state index contributed by atoms with van der Waals surface area (Å²) < 4.78 is 62.1. The summed E-state index contributed by atoms with van der Waals surface area (Å²) >= 11 is 0. The Morgan fingerprint density at radius 2 is 1.75 bits per heavy atom. The number of aromatic nitrogens is 4. The number of aliphatic hydroxyl groups excluding tert-OH is 2. The molecule has 2 aromatic heterocycles. The third-order valence-electron chi connectivity index (χ3n) is 7.79. The first-order valence-corrected chi connectivity index (χ1v) is 22.8. The lowest BCUT2D eigenvalue weighted by Gasteiger charge is -2.30. The molecule has 1 aliphatic rings. The molecule has 27 heteroatoms. The Morgan fingerprint density at radius 1 is 1.08 bits per heavy atom. The Balaban J connectivity index is 1.52. The molecule has 0 aromatic carbocycles. The van der Waals surface area contributed by atoms with E-state index in [2.05, 4.69) is 47.6 Å². The zero-order valence-electron chi connectivity index (χ0n) is 29.3. The number of phosphoric acid groups is 3. The topological polar surface area (TPSA) is 347 Å². The average molecular weight is 840 g/mol. The number of hydrogen-bond donors (Lipinski definition) is 10. The number of thiol groups is 1. The molecule has 0 radical (unpaired) electrons. The number of hydrogen-bond acceptors (Lipinski definition) is 16. The minimum atomic E-state index is -5.54. The summed E-state index contributed by atoms with van der Waals surface area (Å²) in [6.45, 7) is 3.13. The summed E-state index contributed by atoms with van der Waals surface area (Å²) in [4.78, 5) is 75.6. The van der Waals surface area contributed by atoms with E-state index in [1.54, 1.807) is 0 Å². The number of unbranched alkanes of at least 4 members (excludes halogenated alkanes) is 1. The predicted octanol–water partition coefficient (Wildman–Crippen LogP) is -0.164. The molecule has 2 aromatic rings. The fraction of sp³-hybridized carbons (Fsp3) is 0.731. The van der Waals surface area contributed by atoms with Crippen molar-refractivity contribution in [2.45, 2.75) is 70.7 Å². The van der Waals surface area contributed by atoms with Gasteiger partial charge >= 0.3 is 23.5 Å². The van der Waals surface area contributed by atoms with Gasteiger partial charge in [0.25, 0.3) is 0 Å². The van der Waals surface area contributed by atoms with Crippen LogP contribution in [0, 0.1) is 5.41 Å². The number of rotatable bonds is 22. The number of fused-ring (bicyclic) bond motifs is 1. The van der Waals surface area contributed by atoms with Gasteiger partial charge in [0.05, 0.1) is 19.5 Å². The maximum atomic E-state index is 12.7. The summed E-state index contributed by atoms with van der Waals surface area (Å²) in [6, 6.07) is 0. The molecule has 23 nitrogen and oxygen atoms in total. The fourth-order valence-corrected chi connectivity index (χ4v) is 9.27. The van der Waals surface area contributed by atoms with Crippen molar-refractivity contribution in [1.29, 1.82) is 0 Å². The molecule has 0 aliphatic carbocycles. The van der Waals surface area contributed by atoms with E-state index in [4.69, 9.17) is 19.5 Å². The minimum Gasteiger partial charge on any atom is -0.386 e. The molecule has 0 spiro atoms. The Kier molecular flexibility index (Phi) is 16.4. The van der Waals surface area contributed by atoms with Crippen LogP contribution in [0.15, 0.2) is 12.7 Å². The van der Waals surface area contributed by atoms with Crippen molar-refractivity contribution in [3.63, 3.8) is 0 Å². The van der Waals surface area contributed by atoms with Crippen LogP contribution in [0.4, 0.5) is 5.82 Å². The van der Waals surface area contributed by atoms with Gasteiger partial charge in [0, 0.05) is 24.9 Å². The van der Waals surface area contributed by atoms with E-state index in [0.717, 1.165) is 41.6 Å². The fourth-order valence-electron chi connectivity index (χ4n) is 4.87. The molecular formula is C26H48N7O16P3S. The van der Waals surface area contributed by atoms with Gasteiger partial charge in [-0.05, 0) is 24.2 Å². The Morgan fingerprint density at radius 3 is 2.42 bits per heavy atom. The molecule has 3 rings (SSSR count). The van der Waals surface area contributed by atoms with Gasteiger partial charge in [0.15, 0.2) is 17.7 Å². The molecule has 10 N–H and O–H groups in total. The van der Waals surface area contributed by atoms with Crippen LogP contribution in [-0.2, 0) is 45.9 Å². The number of aliphatic hydroxyl groups is 2. The third kappa shape index (κ3) is 13.9. The predicted molar refractivity (Wildman–Crippen MR) is 189 cm³/mol. The summed E-state index contributed by atoms with van der Waals surface area (Å²) in [7, 11) is -16.5. The van der Waals surface area contributed by atoms with Gasteiger partial charge in [0.1, 0.15) is 36.3 Å². The maximum Gasteiger partial charge on any atom is 0.481 e. The van der Waals surface area contributed by atoms with Crippen LogP contribution < -0.4 is 16.4 Å². The van der Waals surface area contributed by atoms with Gasteiger partial charge in [-0.25, -0.2) is 28.6 Å². The van der Waals surface area contributed by atoms with Crippen LogP contribution in [0.5, 0.6) is 0 Å². The molecular weight excluding hydrogens is 791 g/mol. The second-order valence-electron chi connectivity index (χ2n) is 12.7. The Bertz CT molecular complexity index is 1700. The van der Waals surface area contributed by atoms with E-state index in [1.165, 1.54) is 13.8 Å². The number of ether oxygens (including phenoxy) is 1. The second kappa shape index (κ2) is 19.2. The number of carbonyl (C=O) groups is 2. The van der Waals surface area contributed by atoms with Gasteiger partial charge in [-0.3, -0.25) is 38.6 Å². The van der Waals surface area contributed by atoms with Crippen LogP contribution in [-0.4, -0.2) is 130 Å². The molecule has 0 saturated carbocycles. The first-order chi connectivity index (χ1) is 24.6. The SMILES string of the molecule is CCCC[SH](C)CCNC(=O)CCNC(=O)C(O)C(C)(C)COP(=O)(O)OP(=O)(O)OC[C@H]1O[C@@H](n2cnc3c(N)ncnc32)[C@H](O)[C@@H]1OP(=O)(O)O. The number of nitrogens with two attached hydrogens (primary N) is 1. The number of nitrogens with one attached hydrogen (secondary N) is 2. The number of nitrogens with zero attached hydrogens (tertiary/aromatic N) is 4. The number of nitrogen functional groups attached to an aromatic ring is 1. The number of imidazole rings is 1. The van der Waals surface area contributed by atoms with Crippen LogP contribution in [0.2, 0.25) is 0 Å². The summed E-state index contributed by atoms with van der Waals surface area (Å²) in [6.07, 6.45) is -2.26. The molecule has 1 fully saturated rings. The van der Waals surface area contributed by atoms with Crippen molar-refractivity contribution in [2.75, 3.05) is 49.8 Å². The quantitative estimate of drug-likeness (QED) is 0.0544. The second-order valence-corrected chi connectivity index (χ2v) is 19.6. The number of phosphoric ester groups is 3. The molecule has 53 heavy (non-hydrogen) atoms. The lowest BCUT2D eigenvalue weighted by Crippen LogP contribution is -2.46. The molecule has 2 amide bonds. The number of carbonyl (C=O) groups excluding carboxylic acids is 2. The van der Waals surface area contributed by atoms with Crippen LogP contribution >= 0.6 is 34.4 Å². The molecule has 8 atom stereocenters. The van der Waals surface area contributed by atoms with E-state index < -0.39 is 78.6 Å². The lowest BCUT2D eigenvalue weighted by molar-refractivity contribution is -0.137. The average Bonchev–Trinajstić information content (AvgIpc) is 3.61. The first-order valence-electron chi connectivity index (χ1n) is 16.1. The zero-order chi connectivity index (χ0) is 39.8. The standard InChI is InChI=1S/C26H48N7O16P3S/c1-5-6-10-53(4)11-9-28-17(34)7-8-29-24(37)21(36)26(2,3)13-46-52(43,44)49-51(41,42)45-12-16-20(48-50(38,39)40)19(35)25(47-16)33-15-32-18-22(27)30-14-31-23(18)33/h14-16,19-21,25,35-36,53H,5-13H2,1-4H3,(H,28,34)(H,29,37)(H,41,42)(H,43,44)(H2,27,30,31)(H2,38,39,40)/t16-,19-,20-,21?,25-/m1/s1. The summed E-state index contributed by atoms with van der Waals surface area (Å²) in [5.74, 6) is 0.764. The highest BCUT2D eigenvalue weighted by molar-refractivity contribution is 8.16. The van der Waals surface area contributed by atoms with E-state index >= 15 is 0 Å². The molecule has 1 saturated heterocycles. The Labute approximate surface area is 307 Å². The van der Waals surface area contributed by atoms with Gasteiger partial charge < -0.3 is 50.9 Å². The molecule has 0 bridgehead atoms. The third-order valence-corrected chi connectivity index (χ3v) is 13.0. The van der Waals surface area contributed by atoms with E-state index in [9.17, 15) is 53.1 Å². The zero-order valence-corrected chi connectivity index (χ0v) is 32.9. The molecule has 1 aliphatic heterocycles. The van der Waals surface area contributed by atoms with E-state index in [1.807, 2.05) is 0 Å². The maximum absolute atomic E-state index is 12.7. The molecule has 4 unspecified atom stereocenters. The monoisotopic (exact) mass is 839 g/mol. The lowest BCUT2D eigenvalue weighted by atomic mass is 9.87. The number of anilines is 1. The van der Waals surface area contributed by atoms with Crippen LogP contribution in [0.3, 0.4) is 0 Å². The van der Waals surface area contributed by atoms with Gasteiger partial charge in [-0.15, -0.1) is 0 Å². The highest BCUT2D eigenvalue weighted by atomic mass is 32.2. The van der Waals surface area contributed by atoms with Gasteiger partial charge in [0.2, 0.25) is 11.8 Å². The minimum absolute atomic E-state index is 0.0330. The van der Waals surface area contributed by atoms with Crippen molar-refractivity contribution in [3.05, 3.63) is 12.7 Å². The highest BCUT2D eigenvalue weighted by Crippen LogP contribution is 2.61. The van der Waals surface area contributed by atoms with Gasteiger partial charge in [-0.2, -0.15) is 4.31 Å². The summed E-state index contributed by atoms with van der Waals surface area (Å²) in [5.41, 5.74) is 4.33. The van der Waals surface area contributed by atoms with Crippen molar-refractivity contribution >= 4 is 63.2 Å². The largest absolute Gasteiger partial charge is 0.481 e. The van der Waals surface area contributed by atoms with Crippen LogP contribution in [0.25, 0.3) is 11.2 Å². The highest BCUT2D eigenvalue weighted by Gasteiger charge is 2.50. The van der Waals surface area contributed by atoms with E-state index in [0.29, 0.717) is 6.54 Å². The van der Waals surface area contributed by atoms with E-state index in [-0.39, 0.29) is 46.7 Å². The number of amides is 2. The first kappa shape index (κ1) is 45.3. The summed E-state index contributed by atoms with van der Waals surface area (Å²) in [5, 5.41) is 26.6. The van der Waals surface area contributed by atoms with Crippen molar-refractivity contribution in [2.24, 2.45) is 5.41 Å². The van der Waals surface area contributed by atoms with Crippen molar-refractivity contribution in [1.82, 2.24) is 30.2 Å². The van der Waals surface area contributed by atoms with Crippen molar-refractivity contribution in [3.8, 4) is 0 Å².